The molecule has 0 aliphatic rings. The van der Waals surface area contributed by atoms with Crippen LogP contribution in [0.4, 0.5) is 0 Å². The van der Waals surface area contributed by atoms with Crippen molar-refractivity contribution in [1.29, 1.82) is 0 Å². The minimum atomic E-state index is -0.0918. The van der Waals surface area contributed by atoms with Crippen LogP contribution in [0.5, 0.6) is 0 Å². The van der Waals surface area contributed by atoms with Gasteiger partial charge in [-0.05, 0) is 52.2 Å². The largest absolute Gasteiger partial charge is 0.324 e. The molecule has 1 aromatic carbocycles. The second-order valence-corrected chi connectivity index (χ2v) is 5.57. The Kier molecular flexibility index (Phi) is 4.38. The van der Waals surface area contributed by atoms with Gasteiger partial charge in [-0.1, -0.05) is 23.7 Å². The van der Waals surface area contributed by atoms with E-state index in [4.69, 9.17) is 17.3 Å². The summed E-state index contributed by atoms with van der Waals surface area (Å²) in [4.78, 5) is 4.36. The van der Waals surface area contributed by atoms with Gasteiger partial charge in [0.25, 0.3) is 0 Å². The number of rotatable bonds is 3. The van der Waals surface area contributed by atoms with Gasteiger partial charge in [0.05, 0.1) is 5.02 Å². The molecule has 4 heteroatoms. The molecular weight excluding hydrogens is 312 g/mol. The summed E-state index contributed by atoms with van der Waals surface area (Å²) in [6.07, 6.45) is 2.56. The normalized spacial score (nSPS) is 12.4. The van der Waals surface area contributed by atoms with Gasteiger partial charge in [0.15, 0.2) is 0 Å². The monoisotopic (exact) mass is 324 g/mol. The standard InChI is InChI=1S/C14H14BrClN2/c1-9-2-4-11(18-8-9)7-14(17)10-3-5-12(15)13(16)6-10/h2-6,8,14H,7,17H2,1H3. The Morgan fingerprint density at radius 1 is 1.33 bits per heavy atom. The summed E-state index contributed by atoms with van der Waals surface area (Å²) >= 11 is 9.43. The molecule has 0 aliphatic carbocycles. The van der Waals surface area contributed by atoms with Crippen molar-refractivity contribution in [3.63, 3.8) is 0 Å². The fourth-order valence-electron chi connectivity index (χ4n) is 1.71. The van der Waals surface area contributed by atoms with E-state index >= 15 is 0 Å². The van der Waals surface area contributed by atoms with Crippen molar-refractivity contribution in [1.82, 2.24) is 4.98 Å². The number of aryl methyl sites for hydroxylation is 1. The molecule has 18 heavy (non-hydrogen) atoms. The van der Waals surface area contributed by atoms with Crippen molar-refractivity contribution in [3.05, 3.63) is 62.8 Å². The van der Waals surface area contributed by atoms with Crippen LogP contribution in [-0.4, -0.2) is 4.98 Å². The Balaban J connectivity index is 2.13. The summed E-state index contributed by atoms with van der Waals surface area (Å²) in [6.45, 7) is 2.02. The van der Waals surface area contributed by atoms with Crippen LogP contribution in [0.15, 0.2) is 41.0 Å². The first-order chi connectivity index (χ1) is 8.56. The van der Waals surface area contributed by atoms with Gasteiger partial charge in [0.1, 0.15) is 0 Å². The molecule has 2 nitrogen and oxygen atoms in total. The highest BCUT2D eigenvalue weighted by molar-refractivity contribution is 9.10. The third kappa shape index (κ3) is 3.31. The molecule has 1 aromatic heterocycles. The zero-order valence-electron chi connectivity index (χ0n) is 10.0. The summed E-state index contributed by atoms with van der Waals surface area (Å²) < 4.78 is 0.883. The molecule has 0 spiro atoms. The van der Waals surface area contributed by atoms with Gasteiger partial charge in [-0.2, -0.15) is 0 Å². The summed E-state index contributed by atoms with van der Waals surface area (Å²) in [5.41, 5.74) is 9.33. The van der Waals surface area contributed by atoms with E-state index in [-0.39, 0.29) is 6.04 Å². The van der Waals surface area contributed by atoms with Crippen molar-refractivity contribution < 1.29 is 0 Å². The fraction of sp³-hybridized carbons (Fsp3) is 0.214. The summed E-state index contributed by atoms with van der Waals surface area (Å²) in [7, 11) is 0. The molecule has 0 amide bonds. The lowest BCUT2D eigenvalue weighted by Gasteiger charge is -2.12. The Morgan fingerprint density at radius 2 is 2.11 bits per heavy atom. The molecule has 1 unspecified atom stereocenters. The first-order valence-corrected chi connectivity index (χ1v) is 6.85. The van der Waals surface area contributed by atoms with Crippen molar-refractivity contribution in [2.75, 3.05) is 0 Å². The predicted molar refractivity (Wildman–Crippen MR) is 78.8 cm³/mol. The number of nitrogens with zero attached hydrogens (tertiary/aromatic N) is 1. The lowest BCUT2D eigenvalue weighted by molar-refractivity contribution is 0.706. The lowest BCUT2D eigenvalue weighted by Crippen LogP contribution is -2.14. The van der Waals surface area contributed by atoms with Crippen molar-refractivity contribution in [2.24, 2.45) is 5.73 Å². The molecule has 0 aliphatic heterocycles. The van der Waals surface area contributed by atoms with E-state index in [1.807, 2.05) is 43.5 Å². The van der Waals surface area contributed by atoms with Crippen molar-refractivity contribution >= 4 is 27.5 Å². The van der Waals surface area contributed by atoms with Crippen LogP contribution in [-0.2, 0) is 6.42 Å². The second kappa shape index (κ2) is 5.83. The molecular formula is C14H14BrClN2. The summed E-state index contributed by atoms with van der Waals surface area (Å²) in [5.74, 6) is 0. The maximum atomic E-state index is 6.17. The fourth-order valence-corrected chi connectivity index (χ4v) is 2.14. The number of benzene rings is 1. The van der Waals surface area contributed by atoms with E-state index in [0.717, 1.165) is 21.3 Å². The van der Waals surface area contributed by atoms with Gasteiger partial charge in [0.2, 0.25) is 0 Å². The quantitative estimate of drug-likeness (QED) is 0.924. The Labute approximate surface area is 120 Å². The van der Waals surface area contributed by atoms with E-state index in [2.05, 4.69) is 20.9 Å². The van der Waals surface area contributed by atoms with Gasteiger partial charge in [-0.3, -0.25) is 4.98 Å². The van der Waals surface area contributed by atoms with Gasteiger partial charge >= 0.3 is 0 Å². The lowest BCUT2D eigenvalue weighted by atomic mass is 10.0. The maximum absolute atomic E-state index is 6.17. The van der Waals surface area contributed by atoms with Gasteiger partial charge in [0, 0.05) is 28.8 Å². The highest BCUT2D eigenvalue weighted by atomic mass is 79.9. The molecule has 0 fully saturated rings. The smallest absolute Gasteiger partial charge is 0.0551 e. The van der Waals surface area contributed by atoms with Gasteiger partial charge in [-0.25, -0.2) is 0 Å². The van der Waals surface area contributed by atoms with Crippen molar-refractivity contribution in [2.45, 2.75) is 19.4 Å². The predicted octanol–water partition coefficient (Wildman–Crippen LogP) is 4.05. The van der Waals surface area contributed by atoms with Gasteiger partial charge < -0.3 is 5.73 Å². The van der Waals surface area contributed by atoms with E-state index in [1.165, 1.54) is 0 Å². The van der Waals surface area contributed by atoms with Crippen LogP contribution < -0.4 is 5.73 Å². The molecule has 1 atom stereocenters. The van der Waals surface area contributed by atoms with E-state index in [0.29, 0.717) is 11.4 Å². The summed E-state index contributed by atoms with van der Waals surface area (Å²) in [6, 6.07) is 9.75. The molecule has 0 radical (unpaired) electrons. The zero-order valence-corrected chi connectivity index (χ0v) is 12.4. The van der Waals surface area contributed by atoms with E-state index < -0.39 is 0 Å². The number of pyridine rings is 1. The van der Waals surface area contributed by atoms with Crippen LogP contribution in [0.2, 0.25) is 5.02 Å². The SMILES string of the molecule is Cc1ccc(CC(N)c2ccc(Br)c(Cl)c2)nc1. The Morgan fingerprint density at radius 3 is 2.72 bits per heavy atom. The van der Waals surface area contributed by atoms with Crippen LogP contribution in [0, 0.1) is 6.92 Å². The number of halogens is 2. The summed E-state index contributed by atoms with van der Waals surface area (Å²) in [5, 5.41) is 0.680. The number of hydrogen-bond acceptors (Lipinski definition) is 2. The first-order valence-electron chi connectivity index (χ1n) is 5.68. The molecule has 2 N–H and O–H groups in total. The zero-order chi connectivity index (χ0) is 13.1. The molecule has 1 heterocycles. The van der Waals surface area contributed by atoms with Gasteiger partial charge in [-0.15, -0.1) is 0 Å². The first kappa shape index (κ1) is 13.5. The average Bonchev–Trinajstić information content (AvgIpc) is 2.35. The second-order valence-electron chi connectivity index (χ2n) is 4.31. The molecule has 0 saturated carbocycles. The number of nitrogens with two attached hydrogens (primary N) is 1. The minimum absolute atomic E-state index is 0.0918. The Bertz CT molecular complexity index is 540. The minimum Gasteiger partial charge on any atom is -0.324 e. The Hall–Kier alpha value is -0.900. The maximum Gasteiger partial charge on any atom is 0.0551 e. The third-order valence-electron chi connectivity index (χ3n) is 2.77. The highest BCUT2D eigenvalue weighted by Gasteiger charge is 2.09. The van der Waals surface area contributed by atoms with Crippen LogP contribution in [0.1, 0.15) is 22.9 Å². The molecule has 0 bridgehead atoms. The third-order valence-corrected chi connectivity index (χ3v) is 4.01. The number of aromatic nitrogens is 1. The average molecular weight is 326 g/mol. The van der Waals surface area contributed by atoms with Crippen LogP contribution >= 0.6 is 27.5 Å². The number of hydrogen-bond donors (Lipinski definition) is 1. The molecule has 2 rings (SSSR count). The van der Waals surface area contributed by atoms with Crippen LogP contribution in [0.3, 0.4) is 0 Å². The van der Waals surface area contributed by atoms with Crippen molar-refractivity contribution in [3.8, 4) is 0 Å². The molecule has 2 aromatic rings. The topological polar surface area (TPSA) is 38.9 Å². The molecule has 94 valence electrons. The van der Waals surface area contributed by atoms with E-state index in [1.54, 1.807) is 0 Å². The van der Waals surface area contributed by atoms with E-state index in [9.17, 15) is 0 Å². The molecule has 0 saturated heterocycles. The van der Waals surface area contributed by atoms with Crippen LogP contribution in [0.25, 0.3) is 0 Å². The highest BCUT2D eigenvalue weighted by Crippen LogP contribution is 2.26.